The highest BCUT2D eigenvalue weighted by atomic mass is 19.3. The standard InChI is InChI=1S/C7H10.FHO/c1-2-7-4-3-6(1)5-7;1-2/h1-2,6-7H,3-5H2;2H. The van der Waals surface area contributed by atoms with Crippen LogP contribution in [-0.2, 0) is 0 Å². The molecule has 0 radical (unpaired) electrons. The summed E-state index contributed by atoms with van der Waals surface area (Å²) in [6.45, 7) is 0. The Kier molecular flexibility index (Phi) is 2.22. The third-order valence-electron chi connectivity index (χ3n) is 2.17. The lowest BCUT2D eigenvalue weighted by molar-refractivity contribution is -0.0441. The molecule has 2 atom stereocenters. The number of rotatable bonds is 0. The zero-order valence-corrected chi connectivity index (χ0v) is 5.26. The first-order valence-electron chi connectivity index (χ1n) is 3.30. The van der Waals surface area contributed by atoms with Crippen LogP contribution in [-0.4, -0.2) is 5.31 Å². The summed E-state index contributed by atoms with van der Waals surface area (Å²) in [7, 11) is 0. The summed E-state index contributed by atoms with van der Waals surface area (Å²) in [5, 5.41) is 5.50. The van der Waals surface area contributed by atoms with E-state index in [1.807, 2.05) is 0 Å². The van der Waals surface area contributed by atoms with E-state index in [0.717, 1.165) is 11.8 Å². The maximum Gasteiger partial charge on any atom is -0.0228 e. The fourth-order valence-electron chi connectivity index (χ4n) is 1.72. The third-order valence-corrected chi connectivity index (χ3v) is 2.17. The van der Waals surface area contributed by atoms with Gasteiger partial charge in [0.2, 0.25) is 0 Å². The average Bonchev–Trinajstić information content (AvgIpc) is 2.53. The molecule has 0 aromatic heterocycles. The predicted octanol–water partition coefficient (Wildman–Crippen LogP) is 1.84. The van der Waals surface area contributed by atoms with E-state index in [2.05, 4.69) is 12.2 Å². The molecule has 2 heteroatoms. The lowest BCUT2D eigenvalue weighted by atomic mass is 10.1. The fraction of sp³-hybridized carbons (Fsp3) is 0.714. The molecule has 1 N–H and O–H groups in total. The Balaban J connectivity index is 0.000000186. The van der Waals surface area contributed by atoms with Crippen LogP contribution in [0.3, 0.4) is 0 Å². The number of allylic oxidation sites excluding steroid dienone is 2. The van der Waals surface area contributed by atoms with Crippen LogP contribution >= 0.6 is 0 Å². The van der Waals surface area contributed by atoms with Crippen molar-refractivity contribution in [3.8, 4) is 0 Å². The van der Waals surface area contributed by atoms with Gasteiger partial charge in [-0.25, -0.2) is 5.31 Å². The van der Waals surface area contributed by atoms with Gasteiger partial charge in [0.1, 0.15) is 0 Å². The summed E-state index contributed by atoms with van der Waals surface area (Å²) >= 11 is 0. The lowest BCUT2D eigenvalue weighted by Gasteiger charge is -1.96. The molecule has 0 saturated heterocycles. The average molecular weight is 130 g/mol. The van der Waals surface area contributed by atoms with Crippen molar-refractivity contribution >= 4 is 0 Å². The third kappa shape index (κ3) is 1.30. The van der Waals surface area contributed by atoms with Crippen LogP contribution in [0.1, 0.15) is 19.3 Å². The van der Waals surface area contributed by atoms with Crippen molar-refractivity contribution in [2.24, 2.45) is 11.8 Å². The SMILES string of the molecule is C1=CC2CCC1C2.OF. The van der Waals surface area contributed by atoms with E-state index in [-0.39, 0.29) is 0 Å². The van der Waals surface area contributed by atoms with Gasteiger partial charge in [0.05, 0.1) is 0 Å². The van der Waals surface area contributed by atoms with Crippen LogP contribution in [0.2, 0.25) is 0 Å². The highest BCUT2D eigenvalue weighted by molar-refractivity contribution is 5.06. The Morgan fingerprint density at radius 3 is 1.67 bits per heavy atom. The molecule has 2 aliphatic rings. The molecule has 1 fully saturated rings. The highest BCUT2D eigenvalue weighted by Crippen LogP contribution is 2.38. The van der Waals surface area contributed by atoms with Gasteiger partial charge in [0.15, 0.2) is 0 Å². The number of hydrogen-bond donors (Lipinski definition) is 1. The molecular weight excluding hydrogens is 119 g/mol. The lowest BCUT2D eigenvalue weighted by Crippen LogP contribution is -1.82. The minimum Gasteiger partial charge on any atom is -0.209 e. The second kappa shape index (κ2) is 2.97. The van der Waals surface area contributed by atoms with Crippen molar-refractivity contribution in [1.29, 1.82) is 0 Å². The van der Waals surface area contributed by atoms with Gasteiger partial charge in [0, 0.05) is 0 Å². The molecule has 2 rings (SSSR count). The van der Waals surface area contributed by atoms with Crippen LogP contribution in [0.5, 0.6) is 0 Å². The Morgan fingerprint density at radius 2 is 1.56 bits per heavy atom. The second-order valence-electron chi connectivity index (χ2n) is 2.72. The topological polar surface area (TPSA) is 20.2 Å². The normalized spacial score (nSPS) is 36.2. The van der Waals surface area contributed by atoms with Crippen molar-refractivity contribution < 1.29 is 9.84 Å². The van der Waals surface area contributed by atoms with Gasteiger partial charge in [0.25, 0.3) is 0 Å². The summed E-state index contributed by atoms with van der Waals surface area (Å²) in [5.41, 5.74) is 0. The minimum absolute atomic E-state index is 0.991. The van der Waals surface area contributed by atoms with Crippen molar-refractivity contribution in [2.45, 2.75) is 19.3 Å². The van der Waals surface area contributed by atoms with Crippen LogP contribution < -0.4 is 0 Å². The quantitative estimate of drug-likeness (QED) is 0.496. The molecule has 0 spiro atoms. The molecule has 2 bridgehead atoms. The van der Waals surface area contributed by atoms with Crippen LogP contribution in [0.15, 0.2) is 12.2 Å². The van der Waals surface area contributed by atoms with Crippen LogP contribution in [0.4, 0.5) is 4.53 Å². The molecule has 0 aliphatic heterocycles. The Bertz CT molecular complexity index is 99.5. The molecular formula is C7H11FO. The fourth-order valence-corrected chi connectivity index (χ4v) is 1.72. The Morgan fingerprint density at radius 1 is 1.11 bits per heavy atom. The number of fused-ring (bicyclic) bond motifs is 2. The van der Waals surface area contributed by atoms with Gasteiger partial charge in [-0.1, -0.05) is 16.7 Å². The van der Waals surface area contributed by atoms with E-state index in [9.17, 15) is 0 Å². The van der Waals surface area contributed by atoms with Gasteiger partial charge in [-0.3, -0.25) is 0 Å². The van der Waals surface area contributed by atoms with Crippen molar-refractivity contribution in [1.82, 2.24) is 0 Å². The second-order valence-corrected chi connectivity index (χ2v) is 2.72. The first-order valence-corrected chi connectivity index (χ1v) is 3.30. The molecule has 2 unspecified atom stereocenters. The number of halogens is 1. The highest BCUT2D eigenvalue weighted by Gasteiger charge is 2.25. The smallest absolute Gasteiger partial charge is 0.0228 e. The van der Waals surface area contributed by atoms with E-state index in [4.69, 9.17) is 9.84 Å². The van der Waals surface area contributed by atoms with Gasteiger partial charge >= 0.3 is 0 Å². The van der Waals surface area contributed by atoms with Gasteiger partial charge in [-0.15, -0.1) is 0 Å². The molecule has 2 aliphatic carbocycles. The van der Waals surface area contributed by atoms with Crippen molar-refractivity contribution in [3.05, 3.63) is 12.2 Å². The van der Waals surface area contributed by atoms with E-state index in [0.29, 0.717) is 0 Å². The molecule has 52 valence electrons. The maximum absolute atomic E-state index is 8.50. The van der Waals surface area contributed by atoms with E-state index < -0.39 is 0 Å². The molecule has 1 nitrogen and oxygen atoms in total. The Labute approximate surface area is 54.1 Å². The minimum atomic E-state index is 0.991. The molecule has 9 heavy (non-hydrogen) atoms. The van der Waals surface area contributed by atoms with Gasteiger partial charge in [-0.2, -0.15) is 0 Å². The molecule has 0 aromatic rings. The predicted molar refractivity (Wildman–Crippen MR) is 33.3 cm³/mol. The van der Waals surface area contributed by atoms with Gasteiger partial charge in [-0.05, 0) is 31.1 Å². The summed E-state index contributed by atoms with van der Waals surface area (Å²) in [6.07, 6.45) is 9.19. The first-order chi connectivity index (χ1) is 4.45. The molecule has 0 aromatic carbocycles. The zero-order chi connectivity index (χ0) is 6.69. The van der Waals surface area contributed by atoms with Gasteiger partial charge < -0.3 is 0 Å². The molecule has 1 saturated carbocycles. The largest absolute Gasteiger partial charge is 0.209 e. The summed E-state index contributed by atoms with van der Waals surface area (Å²) in [5.74, 6) is 1.98. The van der Waals surface area contributed by atoms with Crippen molar-refractivity contribution in [2.75, 3.05) is 0 Å². The maximum atomic E-state index is 8.50. The van der Waals surface area contributed by atoms with E-state index in [1.165, 1.54) is 19.3 Å². The Hall–Kier alpha value is -0.370. The van der Waals surface area contributed by atoms with E-state index in [1.54, 1.807) is 0 Å². The zero-order valence-electron chi connectivity index (χ0n) is 5.26. The van der Waals surface area contributed by atoms with Crippen LogP contribution in [0, 0.1) is 11.8 Å². The summed E-state index contributed by atoms with van der Waals surface area (Å²) in [6, 6.07) is 0. The summed E-state index contributed by atoms with van der Waals surface area (Å²) < 4.78 is 8.50. The van der Waals surface area contributed by atoms with E-state index >= 15 is 0 Å². The molecule has 0 amide bonds. The first kappa shape index (κ1) is 6.75. The monoisotopic (exact) mass is 130 g/mol. The summed E-state index contributed by atoms with van der Waals surface area (Å²) in [4.78, 5) is 0. The molecule has 0 heterocycles. The van der Waals surface area contributed by atoms with Crippen LogP contribution in [0.25, 0.3) is 0 Å². The van der Waals surface area contributed by atoms with Crippen molar-refractivity contribution in [3.63, 3.8) is 0 Å². The number of hydrogen-bond acceptors (Lipinski definition) is 1.